The van der Waals surface area contributed by atoms with Crippen molar-refractivity contribution in [3.63, 3.8) is 0 Å². The van der Waals surface area contributed by atoms with Gasteiger partial charge in [0.1, 0.15) is 0 Å². The zero-order valence-corrected chi connectivity index (χ0v) is 17.7. The van der Waals surface area contributed by atoms with Crippen LogP contribution in [0.4, 0.5) is 30.2 Å². The van der Waals surface area contributed by atoms with Crippen LogP contribution in [0.15, 0.2) is 72.8 Å². The molecule has 1 aliphatic rings. The molecule has 0 saturated heterocycles. The van der Waals surface area contributed by atoms with Gasteiger partial charge in [0.25, 0.3) is 5.91 Å². The van der Waals surface area contributed by atoms with Crippen molar-refractivity contribution in [2.24, 2.45) is 0 Å². The zero-order valence-electron chi connectivity index (χ0n) is 17.7. The van der Waals surface area contributed by atoms with E-state index >= 15 is 0 Å². The van der Waals surface area contributed by atoms with Gasteiger partial charge in [-0.15, -0.1) is 0 Å². The van der Waals surface area contributed by atoms with Crippen LogP contribution in [0.1, 0.15) is 28.4 Å². The summed E-state index contributed by atoms with van der Waals surface area (Å²) in [7, 11) is 0. The quantitative estimate of drug-likeness (QED) is 0.511. The van der Waals surface area contributed by atoms with E-state index in [1.165, 1.54) is 18.2 Å². The number of rotatable bonds is 5. The molecule has 0 unspecified atom stereocenters. The summed E-state index contributed by atoms with van der Waals surface area (Å²) in [6.07, 6.45) is -3.76. The Bertz CT molecular complexity index is 1190. The van der Waals surface area contributed by atoms with Crippen molar-refractivity contribution < 1.29 is 27.5 Å². The van der Waals surface area contributed by atoms with Gasteiger partial charge in [-0.25, -0.2) is 4.79 Å². The van der Waals surface area contributed by atoms with Crippen molar-refractivity contribution in [3.05, 3.63) is 89.5 Å². The Morgan fingerprint density at radius 1 is 1.03 bits per heavy atom. The Balaban J connectivity index is 1.46. The fraction of sp³-hybridized carbons (Fsp3) is 0.200. The minimum absolute atomic E-state index is 0.0523. The van der Waals surface area contributed by atoms with Crippen LogP contribution in [0, 0.1) is 0 Å². The maximum absolute atomic E-state index is 13.0. The van der Waals surface area contributed by atoms with E-state index in [0.29, 0.717) is 0 Å². The number of ether oxygens (including phenoxy) is 1. The molecule has 0 radical (unpaired) electrons. The predicted molar refractivity (Wildman–Crippen MR) is 119 cm³/mol. The van der Waals surface area contributed by atoms with Gasteiger partial charge in [0.2, 0.25) is 0 Å². The maximum atomic E-state index is 13.0. The number of nitrogens with zero attached hydrogens (tertiary/aromatic N) is 1. The highest BCUT2D eigenvalue weighted by Crippen LogP contribution is 2.33. The van der Waals surface area contributed by atoms with Crippen molar-refractivity contribution in [1.82, 2.24) is 0 Å². The molecule has 0 saturated carbocycles. The molecule has 33 heavy (non-hydrogen) atoms. The third kappa shape index (κ3) is 4.84. The van der Waals surface area contributed by atoms with Crippen LogP contribution in [0.2, 0.25) is 0 Å². The number of carbonyl (C=O) groups excluding carboxylic acids is 2. The Morgan fingerprint density at radius 3 is 2.55 bits per heavy atom. The lowest BCUT2D eigenvalue weighted by Gasteiger charge is -2.22. The fourth-order valence-corrected chi connectivity index (χ4v) is 3.92. The van der Waals surface area contributed by atoms with Gasteiger partial charge in [0.15, 0.2) is 6.61 Å². The number of para-hydroxylation sites is 2. The first kappa shape index (κ1) is 22.4. The van der Waals surface area contributed by atoms with Gasteiger partial charge >= 0.3 is 12.1 Å². The highest BCUT2D eigenvalue weighted by molar-refractivity contribution is 6.01. The second-order valence-corrected chi connectivity index (χ2v) is 7.77. The number of anilines is 3. The highest BCUT2D eigenvalue weighted by Gasteiger charge is 2.32. The average Bonchev–Trinajstić information content (AvgIpc) is 3.13. The molecular weight excluding hydrogens is 433 g/mol. The van der Waals surface area contributed by atoms with E-state index in [9.17, 15) is 22.8 Å². The highest BCUT2D eigenvalue weighted by atomic mass is 19.4. The van der Waals surface area contributed by atoms with Gasteiger partial charge in [-0.2, -0.15) is 13.2 Å². The Hall–Kier alpha value is -3.81. The lowest BCUT2D eigenvalue weighted by molar-refractivity contribution is -0.137. The van der Waals surface area contributed by atoms with Crippen molar-refractivity contribution in [2.75, 3.05) is 16.8 Å². The van der Waals surface area contributed by atoms with Gasteiger partial charge in [0.05, 0.1) is 16.8 Å². The molecule has 1 amide bonds. The van der Waals surface area contributed by atoms with Gasteiger partial charge in [0, 0.05) is 17.4 Å². The number of hydrogen-bond acceptors (Lipinski definition) is 4. The van der Waals surface area contributed by atoms with E-state index in [0.717, 1.165) is 29.8 Å². The molecule has 1 heterocycles. The van der Waals surface area contributed by atoms with E-state index in [-0.39, 0.29) is 28.9 Å². The van der Waals surface area contributed by atoms with Crippen LogP contribution in [-0.2, 0) is 22.1 Å². The molecule has 0 aromatic heterocycles. The number of fused-ring (bicyclic) bond motifs is 1. The second kappa shape index (κ2) is 8.97. The van der Waals surface area contributed by atoms with E-state index in [1.807, 2.05) is 31.2 Å². The van der Waals surface area contributed by atoms with Crippen LogP contribution in [0.5, 0.6) is 0 Å². The number of amides is 1. The Kier molecular flexibility index (Phi) is 6.09. The summed E-state index contributed by atoms with van der Waals surface area (Å²) in [4.78, 5) is 27.1. The first-order chi connectivity index (χ1) is 15.7. The molecule has 3 aromatic carbocycles. The number of carbonyl (C=O) groups is 2. The Morgan fingerprint density at radius 2 is 1.76 bits per heavy atom. The van der Waals surface area contributed by atoms with Gasteiger partial charge in [-0.05, 0) is 55.3 Å². The second-order valence-electron chi connectivity index (χ2n) is 7.77. The largest absolute Gasteiger partial charge is 0.452 e. The first-order valence-corrected chi connectivity index (χ1v) is 10.3. The summed E-state index contributed by atoms with van der Waals surface area (Å²) < 4.78 is 44.3. The molecule has 8 heteroatoms. The summed E-state index contributed by atoms with van der Waals surface area (Å²) in [5.74, 6) is -1.09. The number of benzene rings is 3. The molecule has 0 fully saturated rings. The van der Waals surface area contributed by atoms with Gasteiger partial charge in [-0.1, -0.05) is 36.4 Å². The third-order valence-electron chi connectivity index (χ3n) is 5.42. The Labute approximate surface area is 188 Å². The molecule has 0 bridgehead atoms. The smallest absolute Gasteiger partial charge is 0.416 e. The molecule has 1 aliphatic heterocycles. The number of esters is 1. The van der Waals surface area contributed by atoms with Crippen LogP contribution in [0.25, 0.3) is 0 Å². The van der Waals surface area contributed by atoms with Crippen molar-refractivity contribution in [2.45, 2.75) is 25.6 Å². The van der Waals surface area contributed by atoms with E-state index in [4.69, 9.17) is 4.74 Å². The topological polar surface area (TPSA) is 58.6 Å². The van der Waals surface area contributed by atoms with Crippen LogP contribution in [0.3, 0.4) is 0 Å². The molecule has 5 nitrogen and oxygen atoms in total. The molecule has 1 N–H and O–H groups in total. The summed E-state index contributed by atoms with van der Waals surface area (Å²) >= 11 is 0. The van der Waals surface area contributed by atoms with Crippen LogP contribution >= 0.6 is 0 Å². The fourth-order valence-electron chi connectivity index (χ4n) is 3.92. The number of nitrogens with one attached hydrogen (secondary N) is 1. The minimum Gasteiger partial charge on any atom is -0.452 e. The third-order valence-corrected chi connectivity index (χ3v) is 5.42. The predicted octanol–water partition coefficient (Wildman–Crippen LogP) is 5.58. The summed E-state index contributed by atoms with van der Waals surface area (Å²) in [6.45, 7) is 1.48. The summed E-state index contributed by atoms with van der Waals surface area (Å²) in [5, 5.41) is 2.83. The van der Waals surface area contributed by atoms with E-state index in [1.54, 1.807) is 23.1 Å². The average molecular weight is 454 g/mol. The monoisotopic (exact) mass is 454 g/mol. The van der Waals surface area contributed by atoms with Crippen LogP contribution in [-0.4, -0.2) is 24.5 Å². The molecule has 170 valence electrons. The molecular formula is C25H21F3N2O3. The van der Waals surface area contributed by atoms with Crippen molar-refractivity contribution >= 4 is 28.9 Å². The summed E-state index contributed by atoms with van der Waals surface area (Å²) in [5.41, 5.74) is 1.60. The molecule has 0 aliphatic carbocycles. The van der Waals surface area contributed by atoms with Crippen LogP contribution < -0.4 is 10.2 Å². The molecule has 1 atom stereocenters. The van der Waals surface area contributed by atoms with Gasteiger partial charge < -0.3 is 15.0 Å². The van der Waals surface area contributed by atoms with Crippen molar-refractivity contribution in [1.29, 1.82) is 0 Å². The van der Waals surface area contributed by atoms with E-state index in [2.05, 4.69) is 5.32 Å². The first-order valence-electron chi connectivity index (χ1n) is 10.3. The van der Waals surface area contributed by atoms with Crippen molar-refractivity contribution in [3.8, 4) is 0 Å². The molecule has 4 rings (SSSR count). The zero-order chi connectivity index (χ0) is 23.6. The van der Waals surface area contributed by atoms with Gasteiger partial charge in [-0.3, -0.25) is 4.79 Å². The number of hydrogen-bond donors (Lipinski definition) is 1. The standard InChI is InChI=1S/C25H21F3N2O3/c1-16-13-17-7-2-5-12-22(17)30(16)23(31)15-33-24(32)20-10-3-4-11-21(20)29-19-9-6-8-18(14-19)25(26,27)28/h2-12,14,16,29H,13,15H2,1H3/t16-/m0/s1. The normalized spacial score (nSPS) is 15.2. The molecule has 0 spiro atoms. The lowest BCUT2D eigenvalue weighted by atomic mass is 10.1. The SMILES string of the molecule is C[C@H]1Cc2ccccc2N1C(=O)COC(=O)c1ccccc1Nc1cccc(C(F)(F)F)c1. The number of halogens is 3. The lowest BCUT2D eigenvalue weighted by Crippen LogP contribution is -2.38. The van der Waals surface area contributed by atoms with E-state index < -0.39 is 24.3 Å². The maximum Gasteiger partial charge on any atom is 0.416 e. The minimum atomic E-state index is -4.48. The summed E-state index contributed by atoms with van der Waals surface area (Å²) in [6, 6.07) is 18.5. The molecule has 3 aromatic rings. The number of alkyl halides is 3.